The standard InChI is InChI=1S/C40H79NO4/c1-6-9-12-15-18-19-20-21-22-25-28-33-38(45-39(42)34-29-30-35-41(4)5)36-44-40(43)37(31-26-23-16-13-10-7-2)32-27-24-17-14-11-8-3/h37-38H,6-36H2,1-5H3. The first-order valence-corrected chi connectivity index (χ1v) is 19.9. The van der Waals surface area contributed by atoms with Crippen LogP contribution in [0.1, 0.15) is 207 Å². The second-order valence-corrected chi connectivity index (χ2v) is 14.1. The molecule has 0 aromatic heterocycles. The number of esters is 2. The highest BCUT2D eigenvalue weighted by Crippen LogP contribution is 2.22. The zero-order valence-electron chi connectivity index (χ0n) is 31.2. The Hall–Kier alpha value is -1.10. The molecule has 0 rings (SSSR count). The molecule has 0 heterocycles. The van der Waals surface area contributed by atoms with Crippen LogP contribution < -0.4 is 0 Å². The lowest BCUT2D eigenvalue weighted by Gasteiger charge is -2.21. The van der Waals surface area contributed by atoms with Crippen LogP contribution in [0.2, 0.25) is 0 Å². The molecule has 0 saturated carbocycles. The van der Waals surface area contributed by atoms with Crippen molar-refractivity contribution in [3.05, 3.63) is 0 Å². The maximum atomic E-state index is 13.3. The molecular weight excluding hydrogens is 558 g/mol. The average molecular weight is 638 g/mol. The highest BCUT2D eigenvalue weighted by molar-refractivity contribution is 5.72. The summed E-state index contributed by atoms with van der Waals surface area (Å²) in [6, 6.07) is 0. The topological polar surface area (TPSA) is 55.8 Å². The van der Waals surface area contributed by atoms with Crippen molar-refractivity contribution >= 4 is 11.9 Å². The molecule has 0 aromatic carbocycles. The summed E-state index contributed by atoms with van der Waals surface area (Å²) in [4.78, 5) is 28.2. The fourth-order valence-corrected chi connectivity index (χ4v) is 6.17. The lowest BCUT2D eigenvalue weighted by Crippen LogP contribution is -2.28. The molecule has 0 aliphatic heterocycles. The molecule has 0 aromatic rings. The van der Waals surface area contributed by atoms with Gasteiger partial charge in [-0.05, 0) is 59.2 Å². The SMILES string of the molecule is CCCCCCCCCCCCCC(COC(=O)C(CCCCCCCC)CCCCCCCC)OC(=O)CCCCN(C)C. The lowest BCUT2D eigenvalue weighted by atomic mass is 9.94. The van der Waals surface area contributed by atoms with E-state index in [1.54, 1.807) is 0 Å². The quantitative estimate of drug-likeness (QED) is 0.0511. The van der Waals surface area contributed by atoms with Crippen molar-refractivity contribution in [3.8, 4) is 0 Å². The maximum absolute atomic E-state index is 13.3. The highest BCUT2D eigenvalue weighted by atomic mass is 16.6. The predicted octanol–water partition coefficient (Wildman–Crippen LogP) is 12.0. The van der Waals surface area contributed by atoms with E-state index in [1.165, 1.54) is 122 Å². The molecule has 0 amide bonds. The number of hydrogen-bond donors (Lipinski definition) is 0. The van der Waals surface area contributed by atoms with Gasteiger partial charge in [0.05, 0.1) is 5.92 Å². The second-order valence-electron chi connectivity index (χ2n) is 14.1. The van der Waals surface area contributed by atoms with Gasteiger partial charge < -0.3 is 14.4 Å². The van der Waals surface area contributed by atoms with Gasteiger partial charge in [0.2, 0.25) is 0 Å². The molecule has 0 aliphatic rings. The van der Waals surface area contributed by atoms with Gasteiger partial charge in [-0.3, -0.25) is 9.59 Å². The minimum Gasteiger partial charge on any atom is -0.462 e. The molecule has 0 aliphatic carbocycles. The van der Waals surface area contributed by atoms with Crippen LogP contribution in [0.4, 0.5) is 0 Å². The molecule has 5 nitrogen and oxygen atoms in total. The van der Waals surface area contributed by atoms with Crippen LogP contribution in [0.3, 0.4) is 0 Å². The predicted molar refractivity (Wildman–Crippen MR) is 194 cm³/mol. The number of unbranched alkanes of at least 4 members (excludes halogenated alkanes) is 21. The van der Waals surface area contributed by atoms with Gasteiger partial charge in [-0.1, -0.05) is 162 Å². The summed E-state index contributed by atoms with van der Waals surface area (Å²) < 4.78 is 11.9. The first kappa shape index (κ1) is 43.9. The molecule has 0 saturated heterocycles. The van der Waals surface area contributed by atoms with Crippen molar-refractivity contribution in [2.45, 2.75) is 213 Å². The summed E-state index contributed by atoms with van der Waals surface area (Å²) in [6.45, 7) is 7.96. The third kappa shape index (κ3) is 31.3. The summed E-state index contributed by atoms with van der Waals surface area (Å²) >= 11 is 0. The molecule has 268 valence electrons. The van der Waals surface area contributed by atoms with Crippen molar-refractivity contribution < 1.29 is 19.1 Å². The number of rotatable bonds is 35. The minimum atomic E-state index is -0.322. The van der Waals surface area contributed by atoms with E-state index in [4.69, 9.17) is 9.47 Å². The number of ether oxygens (including phenoxy) is 2. The van der Waals surface area contributed by atoms with E-state index in [0.717, 1.165) is 64.3 Å². The highest BCUT2D eigenvalue weighted by Gasteiger charge is 2.22. The Labute approximate surface area is 281 Å². The van der Waals surface area contributed by atoms with E-state index in [2.05, 4.69) is 39.8 Å². The third-order valence-corrected chi connectivity index (χ3v) is 9.22. The van der Waals surface area contributed by atoms with Gasteiger partial charge in [-0.25, -0.2) is 0 Å². The first-order valence-electron chi connectivity index (χ1n) is 19.9. The smallest absolute Gasteiger partial charge is 0.309 e. The Kier molecular flexibility index (Phi) is 33.4. The number of carbonyl (C=O) groups is 2. The fourth-order valence-electron chi connectivity index (χ4n) is 6.17. The zero-order chi connectivity index (χ0) is 33.2. The molecule has 0 spiro atoms. The Bertz CT molecular complexity index is 622. The first-order chi connectivity index (χ1) is 21.9. The molecule has 45 heavy (non-hydrogen) atoms. The molecule has 0 N–H and O–H groups in total. The van der Waals surface area contributed by atoms with E-state index < -0.39 is 0 Å². The van der Waals surface area contributed by atoms with E-state index in [-0.39, 0.29) is 30.6 Å². The van der Waals surface area contributed by atoms with Gasteiger partial charge in [0.1, 0.15) is 12.7 Å². The zero-order valence-corrected chi connectivity index (χ0v) is 31.2. The molecule has 5 heteroatoms. The van der Waals surface area contributed by atoms with Crippen molar-refractivity contribution in [1.82, 2.24) is 4.90 Å². The molecule has 0 fully saturated rings. The van der Waals surface area contributed by atoms with Crippen LogP contribution >= 0.6 is 0 Å². The molecule has 0 bridgehead atoms. The molecular formula is C40H79NO4. The second kappa shape index (κ2) is 34.2. The van der Waals surface area contributed by atoms with Gasteiger partial charge in [0.25, 0.3) is 0 Å². The van der Waals surface area contributed by atoms with E-state index in [1.807, 2.05) is 0 Å². The number of carbonyl (C=O) groups excluding carboxylic acids is 2. The van der Waals surface area contributed by atoms with Gasteiger partial charge in [-0.2, -0.15) is 0 Å². The minimum absolute atomic E-state index is 0.0216. The summed E-state index contributed by atoms with van der Waals surface area (Å²) in [6.07, 6.45) is 33.6. The largest absolute Gasteiger partial charge is 0.462 e. The van der Waals surface area contributed by atoms with Crippen LogP contribution in [0.25, 0.3) is 0 Å². The van der Waals surface area contributed by atoms with Crippen LogP contribution in [0.5, 0.6) is 0 Å². The van der Waals surface area contributed by atoms with Crippen molar-refractivity contribution in [2.24, 2.45) is 5.92 Å². The van der Waals surface area contributed by atoms with Gasteiger partial charge in [-0.15, -0.1) is 0 Å². The fraction of sp³-hybridized carbons (Fsp3) is 0.950. The molecule has 1 unspecified atom stereocenters. The van der Waals surface area contributed by atoms with Crippen molar-refractivity contribution in [1.29, 1.82) is 0 Å². The maximum Gasteiger partial charge on any atom is 0.309 e. The molecule has 1 atom stereocenters. The summed E-state index contributed by atoms with van der Waals surface area (Å²) in [5, 5.41) is 0. The van der Waals surface area contributed by atoms with Gasteiger partial charge in [0.15, 0.2) is 0 Å². The monoisotopic (exact) mass is 638 g/mol. The van der Waals surface area contributed by atoms with Crippen LogP contribution in [-0.2, 0) is 19.1 Å². The number of hydrogen-bond acceptors (Lipinski definition) is 5. The van der Waals surface area contributed by atoms with E-state index in [9.17, 15) is 9.59 Å². The number of nitrogens with zero attached hydrogens (tertiary/aromatic N) is 1. The normalized spacial score (nSPS) is 12.2. The van der Waals surface area contributed by atoms with Crippen molar-refractivity contribution in [2.75, 3.05) is 27.2 Å². The average Bonchev–Trinajstić information content (AvgIpc) is 3.02. The third-order valence-electron chi connectivity index (χ3n) is 9.22. The lowest BCUT2D eigenvalue weighted by molar-refractivity contribution is -0.162. The van der Waals surface area contributed by atoms with Gasteiger partial charge >= 0.3 is 11.9 Å². The van der Waals surface area contributed by atoms with Crippen LogP contribution in [0, 0.1) is 5.92 Å². The van der Waals surface area contributed by atoms with E-state index in [0.29, 0.717) is 6.42 Å². The summed E-state index contributed by atoms with van der Waals surface area (Å²) in [7, 11) is 4.12. The van der Waals surface area contributed by atoms with Crippen LogP contribution in [-0.4, -0.2) is 50.2 Å². The summed E-state index contributed by atoms with van der Waals surface area (Å²) in [5.41, 5.74) is 0. The van der Waals surface area contributed by atoms with Crippen LogP contribution in [0.15, 0.2) is 0 Å². The van der Waals surface area contributed by atoms with Crippen molar-refractivity contribution in [3.63, 3.8) is 0 Å². The Balaban J connectivity index is 4.80. The Morgan fingerprint density at radius 2 is 0.911 bits per heavy atom. The summed E-state index contributed by atoms with van der Waals surface area (Å²) in [5.74, 6) is -0.233. The molecule has 0 radical (unpaired) electrons. The Morgan fingerprint density at radius 1 is 0.511 bits per heavy atom. The Morgan fingerprint density at radius 3 is 1.33 bits per heavy atom. The van der Waals surface area contributed by atoms with Gasteiger partial charge in [0, 0.05) is 6.42 Å². The van der Waals surface area contributed by atoms with E-state index >= 15 is 0 Å².